The van der Waals surface area contributed by atoms with Crippen LogP contribution in [-0.4, -0.2) is 11.0 Å². The lowest BCUT2D eigenvalue weighted by molar-refractivity contribution is -0.110. The highest BCUT2D eigenvalue weighted by atomic mass is 16.3. The Morgan fingerprint density at radius 3 is 2.48 bits per heavy atom. The number of fused-ring (bicyclic) bond motifs is 1. The number of para-hydroxylation sites is 2. The van der Waals surface area contributed by atoms with Gasteiger partial charge in [-0.15, -0.1) is 0 Å². The molecule has 0 fully saturated rings. The smallest absolute Gasteiger partial charge is 0.256 e. The van der Waals surface area contributed by atoms with Crippen LogP contribution >= 0.6 is 0 Å². The van der Waals surface area contributed by atoms with E-state index in [4.69, 9.17) is 4.42 Å². The van der Waals surface area contributed by atoms with E-state index < -0.39 is 0 Å². The van der Waals surface area contributed by atoms with Gasteiger partial charge in [0.05, 0.1) is 11.1 Å². The first-order valence-corrected chi connectivity index (χ1v) is 7.23. The van der Waals surface area contributed by atoms with E-state index in [2.05, 4.69) is 5.32 Å². The summed E-state index contributed by atoms with van der Waals surface area (Å²) >= 11 is 0. The Morgan fingerprint density at radius 2 is 1.65 bits per heavy atom. The van der Waals surface area contributed by atoms with Crippen LogP contribution in [0.5, 0.6) is 5.75 Å². The minimum absolute atomic E-state index is 0.147. The second kappa shape index (κ2) is 5.18. The summed E-state index contributed by atoms with van der Waals surface area (Å²) in [5.41, 5.74) is 2.85. The number of aromatic hydroxyl groups is 1. The predicted molar refractivity (Wildman–Crippen MR) is 88.8 cm³/mol. The quantitative estimate of drug-likeness (QED) is 0.699. The van der Waals surface area contributed by atoms with E-state index in [9.17, 15) is 9.90 Å². The highest BCUT2D eigenvalue weighted by Gasteiger charge is 2.23. The van der Waals surface area contributed by atoms with Gasteiger partial charge in [0, 0.05) is 11.3 Å². The second-order valence-electron chi connectivity index (χ2n) is 5.28. The molecule has 1 aliphatic heterocycles. The highest BCUT2D eigenvalue weighted by Crippen LogP contribution is 2.34. The number of amides is 1. The van der Waals surface area contributed by atoms with E-state index in [1.54, 1.807) is 36.4 Å². The Labute approximate surface area is 132 Å². The van der Waals surface area contributed by atoms with Crippen LogP contribution in [-0.2, 0) is 4.79 Å². The fraction of sp³-hybridized carbons (Fsp3) is 0. The number of rotatable bonds is 2. The van der Waals surface area contributed by atoms with Crippen molar-refractivity contribution in [2.45, 2.75) is 0 Å². The van der Waals surface area contributed by atoms with Crippen molar-refractivity contribution < 1.29 is 14.3 Å². The normalized spacial score (nSPS) is 14.8. The van der Waals surface area contributed by atoms with Crippen LogP contribution in [0.2, 0.25) is 0 Å². The van der Waals surface area contributed by atoms with Crippen LogP contribution in [0.25, 0.3) is 23.0 Å². The van der Waals surface area contributed by atoms with Crippen molar-refractivity contribution in [3.05, 3.63) is 72.0 Å². The maximum Gasteiger partial charge on any atom is 0.256 e. The van der Waals surface area contributed by atoms with Gasteiger partial charge in [0.2, 0.25) is 0 Å². The van der Waals surface area contributed by atoms with Gasteiger partial charge in [-0.3, -0.25) is 4.79 Å². The number of hydrogen-bond donors (Lipinski definition) is 2. The Kier molecular flexibility index (Phi) is 3.01. The summed E-state index contributed by atoms with van der Waals surface area (Å²) in [4.78, 5) is 12.1. The minimum Gasteiger partial charge on any atom is -0.507 e. The van der Waals surface area contributed by atoms with Crippen molar-refractivity contribution in [2.24, 2.45) is 0 Å². The molecule has 1 aromatic heterocycles. The summed E-state index contributed by atoms with van der Waals surface area (Å²) in [7, 11) is 0. The summed E-state index contributed by atoms with van der Waals surface area (Å²) in [6.45, 7) is 0. The lowest BCUT2D eigenvalue weighted by Crippen LogP contribution is -2.03. The van der Waals surface area contributed by atoms with E-state index in [0.29, 0.717) is 22.7 Å². The van der Waals surface area contributed by atoms with Crippen molar-refractivity contribution in [3.8, 4) is 17.1 Å². The summed E-state index contributed by atoms with van der Waals surface area (Å²) < 4.78 is 5.76. The van der Waals surface area contributed by atoms with Crippen LogP contribution in [0.15, 0.2) is 65.1 Å². The lowest BCUT2D eigenvalue weighted by atomic mass is 10.1. The van der Waals surface area contributed by atoms with Crippen molar-refractivity contribution in [2.75, 3.05) is 5.32 Å². The number of anilines is 1. The molecule has 0 aliphatic carbocycles. The summed E-state index contributed by atoms with van der Waals surface area (Å²) in [5, 5.41) is 12.7. The first-order valence-electron chi connectivity index (χ1n) is 7.23. The largest absolute Gasteiger partial charge is 0.507 e. The van der Waals surface area contributed by atoms with E-state index in [1.807, 2.05) is 30.3 Å². The Balaban J connectivity index is 1.74. The van der Waals surface area contributed by atoms with Gasteiger partial charge in [0.1, 0.15) is 17.3 Å². The van der Waals surface area contributed by atoms with E-state index in [1.165, 1.54) is 0 Å². The SMILES string of the molecule is O=C1Nc2ccccc2/C1=C\c1ccc(-c2ccccc2O)o1. The summed E-state index contributed by atoms with van der Waals surface area (Å²) in [6.07, 6.45) is 1.71. The first kappa shape index (κ1) is 13.4. The number of phenols is 1. The van der Waals surface area contributed by atoms with Crippen LogP contribution < -0.4 is 5.32 Å². The third-order valence-electron chi connectivity index (χ3n) is 3.79. The monoisotopic (exact) mass is 303 g/mol. The molecule has 0 saturated heterocycles. The van der Waals surface area contributed by atoms with E-state index in [0.717, 1.165) is 11.3 Å². The number of carbonyl (C=O) groups excluding carboxylic acids is 1. The van der Waals surface area contributed by atoms with Crippen molar-refractivity contribution >= 4 is 23.2 Å². The molecule has 1 aliphatic rings. The average Bonchev–Trinajstić information content (AvgIpc) is 3.14. The maximum absolute atomic E-state index is 12.1. The molecule has 3 aromatic rings. The molecule has 2 aromatic carbocycles. The summed E-state index contributed by atoms with van der Waals surface area (Å²) in [5.74, 6) is 1.13. The first-order chi connectivity index (χ1) is 11.2. The topological polar surface area (TPSA) is 62.5 Å². The molecule has 0 unspecified atom stereocenters. The minimum atomic E-state index is -0.147. The zero-order valence-corrected chi connectivity index (χ0v) is 12.1. The van der Waals surface area contributed by atoms with Gasteiger partial charge < -0.3 is 14.8 Å². The third kappa shape index (κ3) is 2.30. The fourth-order valence-corrected chi connectivity index (χ4v) is 2.68. The van der Waals surface area contributed by atoms with E-state index in [-0.39, 0.29) is 11.7 Å². The van der Waals surface area contributed by atoms with Crippen molar-refractivity contribution in [3.63, 3.8) is 0 Å². The molecule has 0 saturated carbocycles. The Morgan fingerprint density at radius 1 is 0.913 bits per heavy atom. The highest BCUT2D eigenvalue weighted by molar-refractivity contribution is 6.34. The molecule has 1 amide bonds. The zero-order chi connectivity index (χ0) is 15.8. The Bertz CT molecular complexity index is 937. The van der Waals surface area contributed by atoms with Gasteiger partial charge in [-0.25, -0.2) is 0 Å². The van der Waals surface area contributed by atoms with Crippen molar-refractivity contribution in [1.82, 2.24) is 0 Å². The molecule has 2 heterocycles. The molecule has 23 heavy (non-hydrogen) atoms. The molecule has 0 atom stereocenters. The van der Waals surface area contributed by atoms with Crippen LogP contribution in [0.4, 0.5) is 5.69 Å². The number of hydrogen-bond acceptors (Lipinski definition) is 3. The number of benzene rings is 2. The lowest BCUT2D eigenvalue weighted by Gasteiger charge is -2.00. The zero-order valence-electron chi connectivity index (χ0n) is 12.1. The molecule has 4 nitrogen and oxygen atoms in total. The number of carbonyl (C=O) groups is 1. The average molecular weight is 303 g/mol. The van der Waals surface area contributed by atoms with Crippen LogP contribution in [0.1, 0.15) is 11.3 Å². The van der Waals surface area contributed by atoms with Gasteiger partial charge >= 0.3 is 0 Å². The molecule has 2 N–H and O–H groups in total. The molecular weight excluding hydrogens is 290 g/mol. The standard InChI is InChI=1S/C19H13NO3/c21-17-8-4-2-6-14(17)18-10-9-12(23-18)11-15-13-5-1-3-7-16(13)20-19(15)22/h1-11,21H,(H,20,22)/b15-11+. The molecule has 0 radical (unpaired) electrons. The number of furan rings is 1. The number of phenolic OH excluding ortho intramolecular Hbond substituents is 1. The van der Waals surface area contributed by atoms with Gasteiger partial charge in [-0.2, -0.15) is 0 Å². The molecule has 4 heteroatoms. The van der Waals surface area contributed by atoms with Gasteiger partial charge in [0.25, 0.3) is 5.91 Å². The van der Waals surface area contributed by atoms with Gasteiger partial charge in [-0.1, -0.05) is 30.3 Å². The van der Waals surface area contributed by atoms with Gasteiger partial charge in [0.15, 0.2) is 0 Å². The molecule has 0 bridgehead atoms. The predicted octanol–water partition coefficient (Wildman–Crippen LogP) is 4.14. The van der Waals surface area contributed by atoms with Crippen LogP contribution in [0, 0.1) is 0 Å². The summed E-state index contributed by atoms with van der Waals surface area (Å²) in [6, 6.07) is 18.1. The molecule has 4 rings (SSSR count). The molecule has 0 spiro atoms. The van der Waals surface area contributed by atoms with Crippen molar-refractivity contribution in [1.29, 1.82) is 0 Å². The third-order valence-corrected chi connectivity index (χ3v) is 3.79. The van der Waals surface area contributed by atoms with Gasteiger partial charge in [-0.05, 0) is 36.4 Å². The van der Waals surface area contributed by atoms with Crippen LogP contribution in [0.3, 0.4) is 0 Å². The molecule has 112 valence electrons. The second-order valence-corrected chi connectivity index (χ2v) is 5.28. The molecular formula is C19H13NO3. The fourth-order valence-electron chi connectivity index (χ4n) is 2.68. The Hall–Kier alpha value is -3.27. The number of nitrogens with one attached hydrogen (secondary N) is 1. The maximum atomic E-state index is 12.1. The van der Waals surface area contributed by atoms with E-state index >= 15 is 0 Å².